The number of benzene rings is 2. The van der Waals surface area contributed by atoms with Crippen molar-refractivity contribution in [3.63, 3.8) is 0 Å². The molecule has 3 N–H and O–H groups in total. The summed E-state index contributed by atoms with van der Waals surface area (Å²) in [5, 5.41) is 12.9. The quantitative estimate of drug-likeness (QED) is 0.585. The minimum atomic E-state index is -1.04. The Morgan fingerprint density at radius 1 is 1.27 bits per heavy atom. The molecule has 7 heteroatoms. The molecule has 0 aliphatic rings. The van der Waals surface area contributed by atoms with Gasteiger partial charge in [0, 0.05) is 26.8 Å². The van der Waals surface area contributed by atoms with Crippen molar-refractivity contribution in [2.24, 2.45) is 0 Å². The molecule has 0 bridgehead atoms. The molecule has 1 aromatic heterocycles. The number of carboxylic acid groups (broad SMARTS) is 1. The highest BCUT2D eigenvalue weighted by molar-refractivity contribution is 9.10. The van der Waals surface area contributed by atoms with Crippen molar-refractivity contribution in [1.82, 2.24) is 4.98 Å². The minimum Gasteiger partial charge on any atom is -0.477 e. The third-order valence-corrected chi connectivity index (χ3v) is 3.88. The molecule has 22 heavy (non-hydrogen) atoms. The number of carbonyl (C=O) groups is 1. The van der Waals surface area contributed by atoms with Gasteiger partial charge in [0.2, 0.25) is 0 Å². The van der Waals surface area contributed by atoms with E-state index in [0.29, 0.717) is 22.3 Å². The summed E-state index contributed by atoms with van der Waals surface area (Å²) in [6, 6.07) is 9.41. The standard InChI is InChI=1S/C15H9BrClFN2O2/c16-7-3-12(19-8-1-2-11(18)10(17)5-8)9-6-14(15(21)22)20-13(9)4-7/h1-6,19-20H,(H,21,22). The molecule has 0 unspecified atom stereocenters. The Hall–Kier alpha value is -2.05. The first-order valence-corrected chi connectivity index (χ1v) is 7.39. The zero-order valence-corrected chi connectivity index (χ0v) is 13.3. The number of halogens is 3. The van der Waals surface area contributed by atoms with Crippen LogP contribution in [0, 0.1) is 5.82 Å². The van der Waals surface area contributed by atoms with Gasteiger partial charge in [-0.25, -0.2) is 9.18 Å². The third-order valence-electron chi connectivity index (χ3n) is 3.13. The summed E-state index contributed by atoms with van der Waals surface area (Å²) < 4.78 is 14.0. The van der Waals surface area contributed by atoms with Crippen molar-refractivity contribution in [3.05, 3.63) is 57.4 Å². The van der Waals surface area contributed by atoms with Gasteiger partial charge < -0.3 is 15.4 Å². The van der Waals surface area contributed by atoms with E-state index in [2.05, 4.69) is 26.2 Å². The molecule has 3 aromatic rings. The second-order valence-corrected chi connectivity index (χ2v) is 5.98. The molecule has 0 saturated heterocycles. The van der Waals surface area contributed by atoms with Gasteiger partial charge in [-0.2, -0.15) is 0 Å². The Balaban J connectivity index is 2.08. The lowest BCUT2D eigenvalue weighted by molar-refractivity contribution is 0.0691. The van der Waals surface area contributed by atoms with E-state index in [4.69, 9.17) is 16.7 Å². The normalized spacial score (nSPS) is 10.9. The fraction of sp³-hybridized carbons (Fsp3) is 0. The van der Waals surface area contributed by atoms with Gasteiger partial charge in [-0.05, 0) is 36.4 Å². The first kappa shape index (κ1) is 14.9. The molecule has 0 radical (unpaired) electrons. The highest BCUT2D eigenvalue weighted by atomic mass is 79.9. The van der Waals surface area contributed by atoms with E-state index in [-0.39, 0.29) is 10.7 Å². The van der Waals surface area contributed by atoms with E-state index in [9.17, 15) is 9.18 Å². The number of fused-ring (bicyclic) bond motifs is 1. The van der Waals surface area contributed by atoms with Crippen LogP contribution in [0.1, 0.15) is 10.5 Å². The lowest BCUT2D eigenvalue weighted by Gasteiger charge is -2.09. The summed E-state index contributed by atoms with van der Waals surface area (Å²) in [5.74, 6) is -1.54. The van der Waals surface area contributed by atoms with Gasteiger partial charge in [-0.3, -0.25) is 0 Å². The Morgan fingerprint density at radius 3 is 2.73 bits per heavy atom. The van der Waals surface area contributed by atoms with Gasteiger partial charge in [-0.15, -0.1) is 0 Å². The zero-order chi connectivity index (χ0) is 15.9. The van der Waals surface area contributed by atoms with Gasteiger partial charge >= 0.3 is 5.97 Å². The number of carboxylic acids is 1. The molecule has 0 fully saturated rings. The molecule has 0 amide bonds. The molecule has 2 aromatic carbocycles. The van der Waals surface area contributed by atoms with Crippen LogP contribution in [0.4, 0.5) is 15.8 Å². The smallest absolute Gasteiger partial charge is 0.352 e. The van der Waals surface area contributed by atoms with Gasteiger partial charge in [0.25, 0.3) is 0 Å². The number of aromatic carboxylic acids is 1. The van der Waals surface area contributed by atoms with Crippen LogP contribution >= 0.6 is 27.5 Å². The maximum atomic E-state index is 13.2. The molecule has 3 rings (SSSR count). The maximum Gasteiger partial charge on any atom is 0.352 e. The van der Waals surface area contributed by atoms with E-state index in [1.54, 1.807) is 18.2 Å². The maximum absolute atomic E-state index is 13.2. The number of hydrogen-bond acceptors (Lipinski definition) is 2. The molecular weight excluding hydrogens is 375 g/mol. The van der Waals surface area contributed by atoms with Crippen molar-refractivity contribution in [2.45, 2.75) is 0 Å². The van der Waals surface area contributed by atoms with Crippen molar-refractivity contribution in [2.75, 3.05) is 5.32 Å². The molecular formula is C15H9BrClFN2O2. The van der Waals surface area contributed by atoms with Crippen LogP contribution < -0.4 is 5.32 Å². The molecule has 112 valence electrons. The van der Waals surface area contributed by atoms with E-state index >= 15 is 0 Å². The molecule has 4 nitrogen and oxygen atoms in total. The highest BCUT2D eigenvalue weighted by Gasteiger charge is 2.12. The zero-order valence-electron chi connectivity index (χ0n) is 11.0. The summed E-state index contributed by atoms with van der Waals surface area (Å²) >= 11 is 9.14. The summed E-state index contributed by atoms with van der Waals surface area (Å²) in [7, 11) is 0. The average Bonchev–Trinajstić information content (AvgIpc) is 2.87. The third kappa shape index (κ3) is 2.80. The van der Waals surface area contributed by atoms with Crippen LogP contribution in [0.25, 0.3) is 10.9 Å². The summed E-state index contributed by atoms with van der Waals surface area (Å²) in [5.41, 5.74) is 2.04. The second kappa shape index (κ2) is 5.62. The number of anilines is 2. The molecule has 0 atom stereocenters. The lowest BCUT2D eigenvalue weighted by Crippen LogP contribution is -1.94. The SMILES string of the molecule is O=C(O)c1cc2c(Nc3ccc(F)c(Cl)c3)cc(Br)cc2[nH]1. The monoisotopic (exact) mass is 382 g/mol. The topological polar surface area (TPSA) is 65.1 Å². The molecule has 0 saturated carbocycles. The van der Waals surface area contributed by atoms with Crippen molar-refractivity contribution >= 4 is 55.8 Å². The van der Waals surface area contributed by atoms with Crippen LogP contribution in [0.2, 0.25) is 5.02 Å². The van der Waals surface area contributed by atoms with Gasteiger partial charge in [0.05, 0.1) is 5.02 Å². The van der Waals surface area contributed by atoms with E-state index in [0.717, 1.165) is 4.47 Å². The number of aromatic amines is 1. The molecule has 0 spiro atoms. The largest absolute Gasteiger partial charge is 0.477 e. The highest BCUT2D eigenvalue weighted by Crippen LogP contribution is 2.32. The average molecular weight is 384 g/mol. The van der Waals surface area contributed by atoms with Crippen molar-refractivity contribution in [1.29, 1.82) is 0 Å². The van der Waals surface area contributed by atoms with Gasteiger partial charge in [-0.1, -0.05) is 27.5 Å². The van der Waals surface area contributed by atoms with Crippen LogP contribution in [0.3, 0.4) is 0 Å². The van der Waals surface area contributed by atoms with Crippen LogP contribution in [-0.4, -0.2) is 16.1 Å². The molecule has 0 aliphatic heterocycles. The second-order valence-electron chi connectivity index (χ2n) is 4.66. The van der Waals surface area contributed by atoms with E-state index in [1.807, 2.05) is 0 Å². The van der Waals surface area contributed by atoms with Crippen LogP contribution in [-0.2, 0) is 0 Å². The number of rotatable bonds is 3. The number of hydrogen-bond donors (Lipinski definition) is 3. The number of nitrogens with one attached hydrogen (secondary N) is 2. The van der Waals surface area contributed by atoms with E-state index in [1.165, 1.54) is 18.2 Å². The first-order valence-electron chi connectivity index (χ1n) is 6.21. The van der Waals surface area contributed by atoms with Gasteiger partial charge in [0.1, 0.15) is 11.5 Å². The van der Waals surface area contributed by atoms with E-state index < -0.39 is 11.8 Å². The predicted molar refractivity (Wildman–Crippen MR) is 87.7 cm³/mol. The minimum absolute atomic E-state index is 0.0107. The molecule has 0 aliphatic carbocycles. The number of aromatic nitrogens is 1. The first-order chi connectivity index (χ1) is 10.4. The Kier molecular flexibility index (Phi) is 3.80. The molecule has 1 heterocycles. The predicted octanol–water partition coefficient (Wildman–Crippen LogP) is 5.16. The Labute approximate surface area is 138 Å². The fourth-order valence-electron chi connectivity index (χ4n) is 2.15. The number of H-pyrrole nitrogens is 1. The van der Waals surface area contributed by atoms with Crippen LogP contribution in [0.15, 0.2) is 40.9 Å². The van der Waals surface area contributed by atoms with Gasteiger partial charge in [0.15, 0.2) is 0 Å². The van der Waals surface area contributed by atoms with Crippen molar-refractivity contribution < 1.29 is 14.3 Å². The Morgan fingerprint density at radius 2 is 2.05 bits per heavy atom. The summed E-state index contributed by atoms with van der Waals surface area (Å²) in [6.45, 7) is 0. The summed E-state index contributed by atoms with van der Waals surface area (Å²) in [6.07, 6.45) is 0. The lowest BCUT2D eigenvalue weighted by atomic mass is 10.2. The summed E-state index contributed by atoms with van der Waals surface area (Å²) in [4.78, 5) is 13.9. The van der Waals surface area contributed by atoms with Crippen LogP contribution in [0.5, 0.6) is 0 Å². The fourth-order valence-corrected chi connectivity index (χ4v) is 2.79. The van der Waals surface area contributed by atoms with Crippen molar-refractivity contribution in [3.8, 4) is 0 Å². The Bertz CT molecular complexity index is 895.